The second kappa shape index (κ2) is 4.32. The molecular formula is C7H10N6OS. The molecule has 0 radical (unpaired) electrons. The third-order valence-electron chi connectivity index (χ3n) is 1.72. The smallest absolute Gasteiger partial charge is 0.304 e. The lowest BCUT2D eigenvalue weighted by Gasteiger charge is -1.97. The molecule has 0 aliphatic carbocycles. The van der Waals surface area contributed by atoms with Crippen LogP contribution in [0.2, 0.25) is 0 Å². The summed E-state index contributed by atoms with van der Waals surface area (Å²) in [6, 6.07) is 0. The zero-order chi connectivity index (χ0) is 10.7. The summed E-state index contributed by atoms with van der Waals surface area (Å²) in [5, 5.41) is 16.4. The molecule has 0 atom stereocenters. The van der Waals surface area contributed by atoms with Crippen LogP contribution in [0.3, 0.4) is 0 Å². The van der Waals surface area contributed by atoms with E-state index in [2.05, 4.69) is 25.7 Å². The fraction of sp³-hybridized carbons (Fsp3) is 0.429. The Hall–Kier alpha value is -1.54. The molecule has 2 N–H and O–H groups in total. The molecule has 7 nitrogen and oxygen atoms in total. The van der Waals surface area contributed by atoms with Crippen molar-refractivity contribution in [3.8, 4) is 0 Å². The van der Waals surface area contributed by atoms with Crippen molar-refractivity contribution in [1.29, 1.82) is 0 Å². The molecule has 2 aromatic heterocycles. The van der Waals surface area contributed by atoms with E-state index in [1.807, 2.05) is 0 Å². The highest BCUT2D eigenvalue weighted by Crippen LogP contribution is 1.95. The number of nitrogens with zero attached hydrogens (tertiary/aromatic N) is 4. The summed E-state index contributed by atoms with van der Waals surface area (Å²) >= 11 is 1.16. The first-order valence-electron chi connectivity index (χ1n) is 4.34. The number of tetrazole rings is 1. The van der Waals surface area contributed by atoms with Crippen molar-refractivity contribution in [2.24, 2.45) is 7.05 Å². The highest BCUT2D eigenvalue weighted by molar-refractivity contribution is 7.07. The van der Waals surface area contributed by atoms with Crippen molar-refractivity contribution in [1.82, 2.24) is 30.5 Å². The number of aromatic amines is 1. The molecule has 80 valence electrons. The molecule has 0 saturated heterocycles. The van der Waals surface area contributed by atoms with Crippen LogP contribution in [0.15, 0.2) is 10.2 Å². The van der Waals surface area contributed by atoms with E-state index in [9.17, 15) is 4.79 Å². The Bertz CT molecular complexity index is 485. The predicted octanol–water partition coefficient (Wildman–Crippen LogP) is -0.750. The molecular weight excluding hydrogens is 216 g/mol. The van der Waals surface area contributed by atoms with Gasteiger partial charge in [0.1, 0.15) is 0 Å². The van der Waals surface area contributed by atoms with Crippen molar-refractivity contribution < 1.29 is 0 Å². The van der Waals surface area contributed by atoms with Gasteiger partial charge < -0.3 is 10.3 Å². The molecule has 0 aliphatic heterocycles. The molecule has 15 heavy (non-hydrogen) atoms. The Morgan fingerprint density at radius 1 is 1.60 bits per heavy atom. The van der Waals surface area contributed by atoms with Crippen LogP contribution < -0.4 is 10.2 Å². The quantitative estimate of drug-likeness (QED) is 0.716. The Morgan fingerprint density at radius 3 is 3.07 bits per heavy atom. The van der Waals surface area contributed by atoms with Crippen LogP contribution in [-0.2, 0) is 20.1 Å². The van der Waals surface area contributed by atoms with Crippen LogP contribution in [0.4, 0.5) is 0 Å². The van der Waals surface area contributed by atoms with Gasteiger partial charge >= 0.3 is 4.87 Å². The number of hydrogen-bond acceptors (Lipinski definition) is 6. The monoisotopic (exact) mass is 226 g/mol. The summed E-state index contributed by atoms with van der Waals surface area (Å²) in [7, 11) is 1.72. The maximum atomic E-state index is 10.8. The van der Waals surface area contributed by atoms with Gasteiger partial charge in [0.2, 0.25) is 0 Å². The van der Waals surface area contributed by atoms with Gasteiger partial charge in [-0.2, -0.15) is 4.80 Å². The average molecular weight is 226 g/mol. The summed E-state index contributed by atoms with van der Waals surface area (Å²) in [6.45, 7) is 1.13. The van der Waals surface area contributed by atoms with Gasteiger partial charge in [-0.1, -0.05) is 11.3 Å². The summed E-state index contributed by atoms with van der Waals surface area (Å²) in [5.41, 5.74) is 0.869. The van der Waals surface area contributed by atoms with Crippen LogP contribution in [0.1, 0.15) is 11.5 Å². The number of hydrogen-bond donors (Lipinski definition) is 2. The van der Waals surface area contributed by atoms with Crippen molar-refractivity contribution >= 4 is 11.3 Å². The van der Waals surface area contributed by atoms with Gasteiger partial charge in [0.15, 0.2) is 5.82 Å². The molecule has 0 bridgehead atoms. The van der Waals surface area contributed by atoms with Gasteiger partial charge in [-0.25, -0.2) is 0 Å². The molecule has 0 aliphatic rings. The molecule has 0 amide bonds. The van der Waals surface area contributed by atoms with Crippen LogP contribution >= 0.6 is 11.3 Å². The predicted molar refractivity (Wildman–Crippen MR) is 54.3 cm³/mol. The molecule has 0 aromatic carbocycles. The van der Waals surface area contributed by atoms with Crippen molar-refractivity contribution in [2.75, 3.05) is 0 Å². The van der Waals surface area contributed by atoms with Gasteiger partial charge in [-0.05, 0) is 5.21 Å². The maximum absolute atomic E-state index is 10.8. The van der Waals surface area contributed by atoms with Gasteiger partial charge in [0, 0.05) is 17.6 Å². The van der Waals surface area contributed by atoms with E-state index in [-0.39, 0.29) is 4.87 Å². The van der Waals surface area contributed by atoms with Crippen LogP contribution in [0.25, 0.3) is 0 Å². The highest BCUT2D eigenvalue weighted by atomic mass is 32.1. The molecule has 0 unspecified atom stereocenters. The van der Waals surface area contributed by atoms with E-state index in [0.717, 1.165) is 17.0 Å². The number of H-pyrrole nitrogens is 1. The van der Waals surface area contributed by atoms with Gasteiger partial charge in [-0.15, -0.1) is 10.2 Å². The fourth-order valence-corrected chi connectivity index (χ4v) is 1.69. The van der Waals surface area contributed by atoms with E-state index in [1.54, 1.807) is 12.4 Å². The van der Waals surface area contributed by atoms with Crippen LogP contribution in [-0.4, -0.2) is 25.2 Å². The van der Waals surface area contributed by atoms with Crippen molar-refractivity contribution in [2.45, 2.75) is 13.1 Å². The van der Waals surface area contributed by atoms with Crippen molar-refractivity contribution in [3.63, 3.8) is 0 Å². The third kappa shape index (κ3) is 2.70. The number of aromatic nitrogens is 5. The normalized spacial score (nSPS) is 10.7. The summed E-state index contributed by atoms with van der Waals surface area (Å²) in [6.07, 6.45) is 0. The van der Waals surface area contributed by atoms with Crippen LogP contribution in [0.5, 0.6) is 0 Å². The first-order chi connectivity index (χ1) is 7.24. The Labute approximate surface area is 89.1 Å². The van der Waals surface area contributed by atoms with Gasteiger partial charge in [-0.3, -0.25) is 4.79 Å². The van der Waals surface area contributed by atoms with Crippen LogP contribution in [0, 0.1) is 0 Å². The van der Waals surface area contributed by atoms with E-state index in [1.165, 1.54) is 4.80 Å². The average Bonchev–Trinajstić information content (AvgIpc) is 2.76. The highest BCUT2D eigenvalue weighted by Gasteiger charge is 2.00. The fourth-order valence-electron chi connectivity index (χ4n) is 1.10. The first kappa shape index (κ1) is 9.99. The lowest BCUT2D eigenvalue weighted by atomic mass is 10.5. The van der Waals surface area contributed by atoms with E-state index >= 15 is 0 Å². The maximum Gasteiger partial charge on any atom is 0.304 e. The standard InChI is InChI=1S/C7H10N6OS/c1-13-11-6(10-12-13)3-8-2-5-4-15-7(14)9-5/h4,8H,2-3H2,1H3,(H,9,14). The number of thiazole rings is 1. The minimum Gasteiger partial charge on any atom is -0.315 e. The molecule has 2 aromatic rings. The summed E-state index contributed by atoms with van der Waals surface area (Å²) < 4.78 is 0. The van der Waals surface area contributed by atoms with E-state index in [4.69, 9.17) is 0 Å². The number of nitrogens with one attached hydrogen (secondary N) is 2. The Kier molecular flexibility index (Phi) is 2.88. The van der Waals surface area contributed by atoms with Gasteiger partial charge in [0.05, 0.1) is 13.6 Å². The lowest BCUT2D eigenvalue weighted by Crippen LogP contribution is -2.15. The topological polar surface area (TPSA) is 88.5 Å². The van der Waals surface area contributed by atoms with Gasteiger partial charge in [0.25, 0.3) is 0 Å². The third-order valence-corrected chi connectivity index (χ3v) is 2.44. The van der Waals surface area contributed by atoms with Crippen molar-refractivity contribution in [3.05, 3.63) is 26.6 Å². The largest absolute Gasteiger partial charge is 0.315 e. The second-order valence-electron chi connectivity index (χ2n) is 2.97. The number of aryl methyl sites for hydroxylation is 1. The molecule has 0 spiro atoms. The SMILES string of the molecule is Cn1nnc(CNCc2csc(=O)[nH]2)n1. The zero-order valence-corrected chi connectivity index (χ0v) is 8.91. The second-order valence-corrected chi connectivity index (χ2v) is 3.81. The minimum absolute atomic E-state index is 0.0376. The molecule has 0 saturated carbocycles. The zero-order valence-electron chi connectivity index (χ0n) is 8.10. The summed E-state index contributed by atoms with van der Waals surface area (Å²) in [5.74, 6) is 0.634. The minimum atomic E-state index is -0.0376. The molecule has 2 rings (SSSR count). The summed E-state index contributed by atoms with van der Waals surface area (Å²) in [4.78, 5) is 14.9. The lowest BCUT2D eigenvalue weighted by molar-refractivity contribution is 0.618. The molecule has 2 heterocycles. The Balaban J connectivity index is 1.82. The van der Waals surface area contributed by atoms with E-state index < -0.39 is 0 Å². The first-order valence-corrected chi connectivity index (χ1v) is 5.22. The molecule has 8 heteroatoms. The Morgan fingerprint density at radius 2 is 2.47 bits per heavy atom. The molecule has 0 fully saturated rings. The number of rotatable bonds is 4. The van der Waals surface area contributed by atoms with E-state index in [0.29, 0.717) is 18.9 Å².